The Hall–Kier alpha value is -1.55. The first-order chi connectivity index (χ1) is 7.66. The molecular formula is C12H13NO2S. The van der Waals surface area contributed by atoms with E-state index in [4.69, 9.17) is 10.2 Å². The minimum absolute atomic E-state index is 0.133. The molecule has 1 aromatic carbocycles. The van der Waals surface area contributed by atoms with Crippen LogP contribution in [0, 0.1) is 6.92 Å². The molecule has 2 aromatic rings. The van der Waals surface area contributed by atoms with Crippen LogP contribution in [0.15, 0.2) is 39.8 Å². The third kappa shape index (κ3) is 2.33. The number of aromatic hydroxyl groups is 1. The second-order valence-corrected chi connectivity index (χ2v) is 4.54. The van der Waals surface area contributed by atoms with Crippen LogP contribution >= 0.6 is 11.8 Å². The molecule has 0 aliphatic rings. The van der Waals surface area contributed by atoms with E-state index in [0.29, 0.717) is 5.69 Å². The smallest absolute Gasteiger partial charge is 0.138 e. The highest BCUT2D eigenvalue weighted by molar-refractivity contribution is 7.98. The molecule has 84 valence electrons. The van der Waals surface area contributed by atoms with Crippen molar-refractivity contribution in [3.05, 3.63) is 41.9 Å². The van der Waals surface area contributed by atoms with Gasteiger partial charge in [0.2, 0.25) is 0 Å². The molecule has 1 aromatic heterocycles. The Morgan fingerprint density at radius 3 is 2.81 bits per heavy atom. The van der Waals surface area contributed by atoms with Crippen LogP contribution in [0.2, 0.25) is 0 Å². The van der Waals surface area contributed by atoms with Crippen molar-refractivity contribution in [3.8, 4) is 5.75 Å². The summed E-state index contributed by atoms with van der Waals surface area (Å²) in [6, 6.07) is 7.23. The van der Waals surface area contributed by atoms with Crippen molar-refractivity contribution >= 4 is 17.4 Å². The molecule has 0 saturated carbocycles. The zero-order chi connectivity index (χ0) is 11.5. The quantitative estimate of drug-likeness (QED) is 0.487. The molecule has 0 radical (unpaired) electrons. The van der Waals surface area contributed by atoms with Gasteiger partial charge in [0, 0.05) is 10.6 Å². The SMILES string of the molecule is Cc1occc1SCc1ccc(O)c(N)c1. The summed E-state index contributed by atoms with van der Waals surface area (Å²) in [5.74, 6) is 1.87. The van der Waals surface area contributed by atoms with E-state index in [1.807, 2.05) is 19.1 Å². The lowest BCUT2D eigenvalue weighted by molar-refractivity contribution is 0.478. The summed E-state index contributed by atoms with van der Waals surface area (Å²) in [5, 5.41) is 9.29. The number of thioether (sulfide) groups is 1. The van der Waals surface area contributed by atoms with Crippen molar-refractivity contribution in [3.63, 3.8) is 0 Å². The van der Waals surface area contributed by atoms with Gasteiger partial charge in [0.25, 0.3) is 0 Å². The van der Waals surface area contributed by atoms with Crippen LogP contribution in [0.4, 0.5) is 5.69 Å². The van der Waals surface area contributed by atoms with Gasteiger partial charge in [-0.25, -0.2) is 0 Å². The van der Waals surface area contributed by atoms with E-state index in [1.54, 1.807) is 30.2 Å². The van der Waals surface area contributed by atoms with Crippen molar-refractivity contribution in [1.82, 2.24) is 0 Å². The molecule has 2 rings (SSSR count). The fourth-order valence-electron chi connectivity index (χ4n) is 1.38. The van der Waals surface area contributed by atoms with E-state index < -0.39 is 0 Å². The lowest BCUT2D eigenvalue weighted by Gasteiger charge is -2.03. The first kappa shape index (κ1) is 11.0. The van der Waals surface area contributed by atoms with Crippen LogP contribution in [0.3, 0.4) is 0 Å². The van der Waals surface area contributed by atoms with Gasteiger partial charge in [-0.1, -0.05) is 6.07 Å². The zero-order valence-electron chi connectivity index (χ0n) is 8.93. The zero-order valence-corrected chi connectivity index (χ0v) is 9.75. The topological polar surface area (TPSA) is 59.4 Å². The van der Waals surface area contributed by atoms with Gasteiger partial charge in [-0.2, -0.15) is 0 Å². The van der Waals surface area contributed by atoms with E-state index in [9.17, 15) is 5.11 Å². The summed E-state index contributed by atoms with van der Waals surface area (Å²) in [5.41, 5.74) is 7.12. The lowest BCUT2D eigenvalue weighted by Crippen LogP contribution is -1.88. The molecule has 0 unspecified atom stereocenters. The second kappa shape index (κ2) is 4.53. The molecule has 1 heterocycles. The van der Waals surface area contributed by atoms with Gasteiger partial charge in [0.05, 0.1) is 12.0 Å². The van der Waals surface area contributed by atoms with Crippen LogP contribution < -0.4 is 5.73 Å². The molecule has 0 spiro atoms. The van der Waals surface area contributed by atoms with Crippen molar-refractivity contribution < 1.29 is 9.52 Å². The summed E-state index contributed by atoms with van der Waals surface area (Å²) in [6.45, 7) is 1.94. The van der Waals surface area contributed by atoms with Crippen molar-refractivity contribution in [2.24, 2.45) is 0 Å². The number of furan rings is 1. The third-order valence-electron chi connectivity index (χ3n) is 2.30. The third-order valence-corrected chi connectivity index (χ3v) is 3.51. The maximum absolute atomic E-state index is 9.29. The number of benzene rings is 1. The number of nitrogens with two attached hydrogens (primary N) is 1. The highest BCUT2D eigenvalue weighted by atomic mass is 32.2. The number of phenols is 1. The summed E-state index contributed by atoms with van der Waals surface area (Å²) in [7, 11) is 0. The Bertz CT molecular complexity index is 494. The number of anilines is 1. The molecule has 16 heavy (non-hydrogen) atoms. The predicted molar refractivity (Wildman–Crippen MR) is 65.5 cm³/mol. The van der Waals surface area contributed by atoms with Crippen molar-refractivity contribution in [1.29, 1.82) is 0 Å². The summed E-state index contributed by atoms with van der Waals surface area (Å²) >= 11 is 1.69. The highest BCUT2D eigenvalue weighted by Crippen LogP contribution is 2.29. The van der Waals surface area contributed by atoms with Gasteiger partial charge in [-0.05, 0) is 30.7 Å². The van der Waals surface area contributed by atoms with Gasteiger partial charge in [-0.3, -0.25) is 0 Å². The van der Waals surface area contributed by atoms with Crippen molar-refractivity contribution in [2.75, 3.05) is 5.73 Å². The number of rotatable bonds is 3. The Morgan fingerprint density at radius 1 is 1.38 bits per heavy atom. The van der Waals surface area contributed by atoms with Crippen LogP contribution in [0.25, 0.3) is 0 Å². The molecule has 4 heteroatoms. The monoisotopic (exact) mass is 235 g/mol. The fourth-order valence-corrected chi connectivity index (χ4v) is 2.28. The lowest BCUT2D eigenvalue weighted by atomic mass is 10.2. The van der Waals surface area contributed by atoms with Crippen LogP contribution in [0.1, 0.15) is 11.3 Å². The Morgan fingerprint density at radius 2 is 2.19 bits per heavy atom. The average Bonchev–Trinajstić information content (AvgIpc) is 2.66. The number of nitrogen functional groups attached to an aromatic ring is 1. The number of aryl methyl sites for hydroxylation is 1. The van der Waals surface area contributed by atoms with E-state index in [2.05, 4.69) is 0 Å². The Balaban J connectivity index is 2.05. The molecule has 3 nitrogen and oxygen atoms in total. The largest absolute Gasteiger partial charge is 0.506 e. The molecule has 0 amide bonds. The van der Waals surface area contributed by atoms with Gasteiger partial charge in [0.15, 0.2) is 0 Å². The maximum Gasteiger partial charge on any atom is 0.138 e. The normalized spacial score (nSPS) is 10.6. The summed E-state index contributed by atoms with van der Waals surface area (Å²) in [4.78, 5) is 1.13. The van der Waals surface area contributed by atoms with Crippen LogP contribution in [-0.2, 0) is 5.75 Å². The molecule has 0 aliphatic carbocycles. The first-order valence-electron chi connectivity index (χ1n) is 4.91. The molecule has 0 aliphatic heterocycles. The molecule has 3 N–H and O–H groups in total. The summed E-state index contributed by atoms with van der Waals surface area (Å²) < 4.78 is 5.21. The van der Waals surface area contributed by atoms with E-state index >= 15 is 0 Å². The minimum Gasteiger partial charge on any atom is -0.506 e. The Labute approximate surface area is 98.3 Å². The standard InChI is InChI=1S/C12H13NO2S/c1-8-12(4-5-15-8)16-7-9-2-3-11(14)10(13)6-9/h2-6,14H,7,13H2,1H3. The van der Waals surface area contributed by atoms with Gasteiger partial charge in [0.1, 0.15) is 11.5 Å². The number of hydrogen-bond donors (Lipinski definition) is 2. The second-order valence-electron chi connectivity index (χ2n) is 3.52. The first-order valence-corrected chi connectivity index (χ1v) is 5.89. The van der Waals surface area contributed by atoms with E-state index in [0.717, 1.165) is 22.0 Å². The maximum atomic E-state index is 9.29. The fraction of sp³-hybridized carbons (Fsp3) is 0.167. The van der Waals surface area contributed by atoms with E-state index in [1.165, 1.54) is 0 Å². The molecular weight excluding hydrogens is 222 g/mol. The number of hydrogen-bond acceptors (Lipinski definition) is 4. The average molecular weight is 235 g/mol. The number of phenolic OH excluding ortho intramolecular Hbond substituents is 1. The highest BCUT2D eigenvalue weighted by Gasteiger charge is 2.04. The predicted octanol–water partition coefficient (Wildman–Crippen LogP) is 3.17. The molecule has 0 bridgehead atoms. The van der Waals surface area contributed by atoms with Crippen molar-refractivity contribution in [2.45, 2.75) is 17.6 Å². The van der Waals surface area contributed by atoms with Crippen LogP contribution in [0.5, 0.6) is 5.75 Å². The Kier molecular flexibility index (Phi) is 3.10. The van der Waals surface area contributed by atoms with Gasteiger partial charge < -0.3 is 15.3 Å². The van der Waals surface area contributed by atoms with Gasteiger partial charge in [-0.15, -0.1) is 11.8 Å². The summed E-state index contributed by atoms with van der Waals surface area (Å²) in [6.07, 6.45) is 1.68. The van der Waals surface area contributed by atoms with E-state index in [-0.39, 0.29) is 5.75 Å². The molecule has 0 atom stereocenters. The molecule has 0 fully saturated rings. The van der Waals surface area contributed by atoms with Crippen LogP contribution in [-0.4, -0.2) is 5.11 Å². The minimum atomic E-state index is 0.133. The molecule has 0 saturated heterocycles. The van der Waals surface area contributed by atoms with Gasteiger partial charge >= 0.3 is 0 Å².